The van der Waals surface area contributed by atoms with E-state index in [2.05, 4.69) is 0 Å². The molecule has 0 saturated carbocycles. The van der Waals surface area contributed by atoms with Gasteiger partial charge in [-0.15, -0.1) is 0 Å². The van der Waals surface area contributed by atoms with E-state index in [0.29, 0.717) is 18.5 Å². The Hall–Kier alpha value is -1.84. The second-order valence-corrected chi connectivity index (χ2v) is 4.37. The highest BCUT2D eigenvalue weighted by Crippen LogP contribution is 2.21. The number of hydrogen-bond acceptors (Lipinski definition) is 2. The number of nitrogens with zero attached hydrogens (tertiary/aromatic N) is 1. The summed E-state index contributed by atoms with van der Waals surface area (Å²) in [5, 5.41) is 9.01. The molecule has 1 amide bonds. The zero-order valence-corrected chi connectivity index (χ0v) is 9.72. The lowest BCUT2D eigenvalue weighted by atomic mass is 10.0. The van der Waals surface area contributed by atoms with Crippen molar-refractivity contribution >= 4 is 11.9 Å². The lowest BCUT2D eigenvalue weighted by molar-refractivity contribution is 0.0845. The summed E-state index contributed by atoms with van der Waals surface area (Å²) in [5.74, 6) is -0.0893. The summed E-state index contributed by atoms with van der Waals surface area (Å²) in [6.45, 7) is 2.37. The van der Waals surface area contributed by atoms with Gasteiger partial charge in [0, 0.05) is 12.1 Å². The van der Waals surface area contributed by atoms with E-state index in [-0.39, 0.29) is 5.78 Å². The normalized spacial score (nSPS) is 19.4. The number of ketones is 1. The minimum absolute atomic E-state index is 0.0893. The number of rotatable bonds is 2. The molecule has 0 radical (unpaired) electrons. The topological polar surface area (TPSA) is 57.6 Å². The molecule has 1 heterocycles. The van der Waals surface area contributed by atoms with E-state index >= 15 is 0 Å². The van der Waals surface area contributed by atoms with E-state index in [4.69, 9.17) is 5.11 Å². The summed E-state index contributed by atoms with van der Waals surface area (Å²) in [5.41, 5.74) is 1.61. The van der Waals surface area contributed by atoms with Crippen LogP contribution in [-0.4, -0.2) is 34.5 Å². The van der Waals surface area contributed by atoms with Crippen molar-refractivity contribution in [1.29, 1.82) is 0 Å². The highest BCUT2D eigenvalue weighted by molar-refractivity contribution is 6.01. The molecule has 1 aromatic rings. The third-order valence-electron chi connectivity index (χ3n) is 3.10. The first-order valence-electron chi connectivity index (χ1n) is 5.70. The van der Waals surface area contributed by atoms with Gasteiger partial charge in [0.05, 0.1) is 6.04 Å². The van der Waals surface area contributed by atoms with Crippen LogP contribution in [0.15, 0.2) is 24.3 Å². The molecule has 0 bridgehead atoms. The van der Waals surface area contributed by atoms with Crippen molar-refractivity contribution in [2.75, 3.05) is 6.54 Å². The molecule has 1 aliphatic heterocycles. The van der Waals surface area contributed by atoms with Crippen LogP contribution in [0, 0.1) is 6.92 Å². The second-order valence-electron chi connectivity index (χ2n) is 4.37. The molecule has 0 unspecified atom stereocenters. The number of carbonyl (C=O) groups is 2. The first kappa shape index (κ1) is 11.6. The largest absolute Gasteiger partial charge is 0.465 e. The molecular formula is C13H15NO3. The van der Waals surface area contributed by atoms with E-state index in [1.807, 2.05) is 19.1 Å². The SMILES string of the molecule is Cc1cccc(C(=O)[C@@H]2CCCN2C(=O)O)c1. The van der Waals surface area contributed by atoms with Crippen molar-refractivity contribution < 1.29 is 14.7 Å². The van der Waals surface area contributed by atoms with Gasteiger partial charge in [-0.2, -0.15) is 0 Å². The number of hydrogen-bond donors (Lipinski definition) is 1. The van der Waals surface area contributed by atoms with Gasteiger partial charge in [-0.05, 0) is 25.8 Å². The molecule has 17 heavy (non-hydrogen) atoms. The maximum absolute atomic E-state index is 12.2. The number of Topliss-reactive ketones (excluding diaryl/α,β-unsaturated/α-hetero) is 1. The third kappa shape index (κ3) is 2.30. The molecule has 1 aliphatic rings. The quantitative estimate of drug-likeness (QED) is 0.797. The van der Waals surface area contributed by atoms with Crippen LogP contribution in [0.5, 0.6) is 0 Å². The monoisotopic (exact) mass is 233 g/mol. The van der Waals surface area contributed by atoms with Crippen molar-refractivity contribution in [2.45, 2.75) is 25.8 Å². The fourth-order valence-electron chi connectivity index (χ4n) is 2.26. The summed E-state index contributed by atoms with van der Waals surface area (Å²) in [6.07, 6.45) is 0.377. The molecule has 4 nitrogen and oxygen atoms in total. The summed E-state index contributed by atoms with van der Waals surface area (Å²) in [7, 11) is 0. The number of benzene rings is 1. The van der Waals surface area contributed by atoms with Gasteiger partial charge in [0.2, 0.25) is 0 Å². The fraction of sp³-hybridized carbons (Fsp3) is 0.385. The molecule has 1 fully saturated rings. The van der Waals surface area contributed by atoms with Gasteiger partial charge in [0.25, 0.3) is 0 Å². The fourth-order valence-corrected chi connectivity index (χ4v) is 2.26. The smallest absolute Gasteiger partial charge is 0.407 e. The highest BCUT2D eigenvalue weighted by Gasteiger charge is 2.34. The van der Waals surface area contributed by atoms with E-state index in [1.165, 1.54) is 4.90 Å². The van der Waals surface area contributed by atoms with Gasteiger partial charge < -0.3 is 5.11 Å². The molecule has 4 heteroatoms. The van der Waals surface area contributed by atoms with Crippen molar-refractivity contribution in [1.82, 2.24) is 4.90 Å². The first-order valence-corrected chi connectivity index (χ1v) is 5.70. The number of likely N-dealkylation sites (tertiary alicyclic amines) is 1. The predicted octanol–water partition coefficient (Wildman–Crippen LogP) is 2.32. The van der Waals surface area contributed by atoms with Gasteiger partial charge in [-0.3, -0.25) is 9.69 Å². The Bertz CT molecular complexity index is 456. The minimum Gasteiger partial charge on any atom is -0.465 e. The molecule has 90 valence electrons. The van der Waals surface area contributed by atoms with Crippen LogP contribution in [-0.2, 0) is 0 Å². The maximum atomic E-state index is 12.2. The zero-order valence-electron chi connectivity index (χ0n) is 9.72. The van der Waals surface area contributed by atoms with Gasteiger partial charge in [-0.25, -0.2) is 4.79 Å². The van der Waals surface area contributed by atoms with Crippen LogP contribution in [0.2, 0.25) is 0 Å². The first-order chi connectivity index (χ1) is 8.09. The van der Waals surface area contributed by atoms with E-state index in [1.54, 1.807) is 12.1 Å². The average molecular weight is 233 g/mol. The van der Waals surface area contributed by atoms with Crippen LogP contribution in [0.3, 0.4) is 0 Å². The highest BCUT2D eigenvalue weighted by atomic mass is 16.4. The summed E-state index contributed by atoms with van der Waals surface area (Å²) in [6, 6.07) is 6.78. The van der Waals surface area contributed by atoms with Crippen LogP contribution < -0.4 is 0 Å². The number of carbonyl (C=O) groups excluding carboxylic acids is 1. The molecule has 0 aromatic heterocycles. The minimum atomic E-state index is -1.01. The Balaban J connectivity index is 2.23. The van der Waals surface area contributed by atoms with Gasteiger partial charge >= 0.3 is 6.09 Å². The van der Waals surface area contributed by atoms with Crippen molar-refractivity contribution in [2.24, 2.45) is 0 Å². The molecule has 0 spiro atoms. The van der Waals surface area contributed by atoms with E-state index < -0.39 is 12.1 Å². The van der Waals surface area contributed by atoms with Crippen LogP contribution in [0.1, 0.15) is 28.8 Å². The Morgan fingerprint density at radius 2 is 2.18 bits per heavy atom. The average Bonchev–Trinajstić information content (AvgIpc) is 2.77. The Labute approximate surface area is 99.9 Å². The number of amides is 1. The predicted molar refractivity (Wildman–Crippen MR) is 63.3 cm³/mol. The van der Waals surface area contributed by atoms with E-state index in [9.17, 15) is 9.59 Å². The Morgan fingerprint density at radius 3 is 2.82 bits per heavy atom. The molecule has 1 saturated heterocycles. The second kappa shape index (κ2) is 4.57. The number of aryl methyl sites for hydroxylation is 1. The van der Waals surface area contributed by atoms with Crippen molar-refractivity contribution in [3.63, 3.8) is 0 Å². The van der Waals surface area contributed by atoms with Crippen molar-refractivity contribution in [3.05, 3.63) is 35.4 Å². The Morgan fingerprint density at radius 1 is 1.41 bits per heavy atom. The Kier molecular flexibility index (Phi) is 3.13. The lowest BCUT2D eigenvalue weighted by Crippen LogP contribution is -2.39. The zero-order chi connectivity index (χ0) is 12.4. The van der Waals surface area contributed by atoms with Crippen LogP contribution >= 0.6 is 0 Å². The molecule has 1 N–H and O–H groups in total. The molecular weight excluding hydrogens is 218 g/mol. The molecule has 2 rings (SSSR count). The van der Waals surface area contributed by atoms with Gasteiger partial charge in [0.15, 0.2) is 5.78 Å². The maximum Gasteiger partial charge on any atom is 0.407 e. The van der Waals surface area contributed by atoms with Gasteiger partial charge in [-0.1, -0.05) is 23.8 Å². The third-order valence-corrected chi connectivity index (χ3v) is 3.10. The molecule has 1 aromatic carbocycles. The standard InChI is InChI=1S/C13H15NO3/c1-9-4-2-5-10(8-9)12(15)11-6-3-7-14(11)13(16)17/h2,4-5,8,11H,3,6-7H2,1H3,(H,16,17)/t11-/m0/s1. The van der Waals surface area contributed by atoms with Crippen LogP contribution in [0.4, 0.5) is 4.79 Å². The lowest BCUT2D eigenvalue weighted by Gasteiger charge is -2.20. The molecule has 0 aliphatic carbocycles. The van der Waals surface area contributed by atoms with E-state index in [0.717, 1.165) is 12.0 Å². The summed E-state index contributed by atoms with van der Waals surface area (Å²) in [4.78, 5) is 24.4. The van der Waals surface area contributed by atoms with Gasteiger partial charge in [0.1, 0.15) is 0 Å². The number of carboxylic acid groups (broad SMARTS) is 1. The molecule has 1 atom stereocenters. The van der Waals surface area contributed by atoms with Crippen molar-refractivity contribution in [3.8, 4) is 0 Å². The summed E-state index contributed by atoms with van der Waals surface area (Å²) >= 11 is 0. The summed E-state index contributed by atoms with van der Waals surface area (Å²) < 4.78 is 0. The van der Waals surface area contributed by atoms with Crippen LogP contribution in [0.25, 0.3) is 0 Å².